The minimum Gasteiger partial charge on any atom is -0.497 e. The lowest BCUT2D eigenvalue weighted by Gasteiger charge is -2.35. The molecule has 162 valence electrons. The third kappa shape index (κ3) is 4.45. The first kappa shape index (κ1) is 21.0. The minimum absolute atomic E-state index is 0.0162. The third-order valence-corrected chi connectivity index (χ3v) is 5.61. The van der Waals surface area contributed by atoms with Gasteiger partial charge in [-0.25, -0.2) is 4.68 Å². The van der Waals surface area contributed by atoms with Crippen LogP contribution >= 0.6 is 0 Å². The van der Waals surface area contributed by atoms with E-state index >= 15 is 0 Å². The lowest BCUT2D eigenvalue weighted by molar-refractivity contribution is 0.0162. The summed E-state index contributed by atoms with van der Waals surface area (Å²) in [6.07, 6.45) is 0. The summed E-state index contributed by atoms with van der Waals surface area (Å²) in [7, 11) is 3.19. The van der Waals surface area contributed by atoms with E-state index in [0.29, 0.717) is 30.5 Å². The fraction of sp³-hybridized carbons (Fsp3) is 0.348. The van der Waals surface area contributed by atoms with Crippen LogP contribution in [-0.4, -0.2) is 60.5 Å². The first-order valence-electron chi connectivity index (χ1n) is 10.3. The van der Waals surface area contributed by atoms with Gasteiger partial charge in [-0.3, -0.25) is 14.5 Å². The first-order chi connectivity index (χ1) is 15.1. The molecule has 1 aliphatic heterocycles. The summed E-state index contributed by atoms with van der Waals surface area (Å²) in [6, 6.07) is 14.9. The van der Waals surface area contributed by atoms with Gasteiger partial charge in [-0.15, -0.1) is 0 Å². The second-order valence-corrected chi connectivity index (χ2v) is 7.47. The lowest BCUT2D eigenvalue weighted by atomic mass is 10.0. The minimum atomic E-state index is -0.307. The number of ether oxygens (including phenoxy) is 2. The van der Waals surface area contributed by atoms with E-state index in [4.69, 9.17) is 9.47 Å². The Balaban J connectivity index is 1.59. The number of hydrogen-bond donors (Lipinski definition) is 1. The Morgan fingerprint density at radius 2 is 1.81 bits per heavy atom. The van der Waals surface area contributed by atoms with Crippen molar-refractivity contribution in [1.82, 2.24) is 20.0 Å². The molecule has 2 aromatic carbocycles. The normalized spacial score (nSPS) is 15.5. The molecule has 0 unspecified atom stereocenters. The van der Waals surface area contributed by atoms with Crippen LogP contribution in [0.1, 0.15) is 22.1 Å². The Labute approximate surface area is 180 Å². The molecule has 2 heterocycles. The highest BCUT2D eigenvalue weighted by Crippen LogP contribution is 2.24. The van der Waals surface area contributed by atoms with E-state index in [-0.39, 0.29) is 23.2 Å². The van der Waals surface area contributed by atoms with Crippen molar-refractivity contribution in [3.8, 4) is 5.75 Å². The van der Waals surface area contributed by atoms with Crippen molar-refractivity contribution in [3.63, 3.8) is 0 Å². The van der Waals surface area contributed by atoms with Crippen LogP contribution in [0.25, 0.3) is 10.8 Å². The van der Waals surface area contributed by atoms with Gasteiger partial charge in [-0.2, -0.15) is 5.10 Å². The number of carbonyl (C=O) groups is 1. The summed E-state index contributed by atoms with van der Waals surface area (Å²) >= 11 is 0. The van der Waals surface area contributed by atoms with Gasteiger partial charge < -0.3 is 14.8 Å². The number of nitrogens with one attached hydrogen (secondary N) is 1. The number of morpholine rings is 1. The highest BCUT2D eigenvalue weighted by atomic mass is 16.5. The number of aryl methyl sites for hydroxylation is 1. The maximum absolute atomic E-state index is 13.1. The molecule has 0 radical (unpaired) electrons. The molecule has 1 amide bonds. The van der Waals surface area contributed by atoms with Crippen molar-refractivity contribution in [2.45, 2.75) is 6.04 Å². The molecule has 3 aromatic rings. The van der Waals surface area contributed by atoms with Gasteiger partial charge in [0.2, 0.25) is 0 Å². The molecule has 8 heteroatoms. The van der Waals surface area contributed by atoms with Gasteiger partial charge in [0.25, 0.3) is 11.5 Å². The van der Waals surface area contributed by atoms with Gasteiger partial charge in [-0.1, -0.05) is 30.3 Å². The number of methoxy groups -OCH3 is 1. The molecule has 1 atom stereocenters. The largest absolute Gasteiger partial charge is 0.497 e. The maximum Gasteiger partial charge on any atom is 0.274 e. The average Bonchev–Trinajstić information content (AvgIpc) is 2.82. The molecule has 0 spiro atoms. The summed E-state index contributed by atoms with van der Waals surface area (Å²) < 4.78 is 12.0. The Bertz CT molecular complexity index is 1120. The van der Waals surface area contributed by atoms with E-state index in [1.807, 2.05) is 24.3 Å². The topological polar surface area (TPSA) is 85.7 Å². The van der Waals surface area contributed by atoms with Crippen LogP contribution < -0.4 is 15.6 Å². The van der Waals surface area contributed by atoms with Crippen LogP contribution in [0.5, 0.6) is 5.75 Å². The number of aromatic nitrogens is 2. The highest BCUT2D eigenvalue weighted by molar-refractivity contribution is 6.04. The van der Waals surface area contributed by atoms with Crippen molar-refractivity contribution in [2.24, 2.45) is 7.05 Å². The Kier molecular flexibility index (Phi) is 6.29. The first-order valence-corrected chi connectivity index (χ1v) is 10.3. The van der Waals surface area contributed by atoms with Crippen molar-refractivity contribution in [2.75, 3.05) is 40.0 Å². The zero-order chi connectivity index (χ0) is 21.8. The van der Waals surface area contributed by atoms with Gasteiger partial charge in [0.05, 0.1) is 31.8 Å². The zero-order valence-corrected chi connectivity index (χ0v) is 17.7. The molecule has 4 rings (SSSR count). The number of nitrogens with zero attached hydrogens (tertiary/aromatic N) is 3. The molecule has 31 heavy (non-hydrogen) atoms. The van der Waals surface area contributed by atoms with Crippen LogP contribution in [0.3, 0.4) is 0 Å². The van der Waals surface area contributed by atoms with Gasteiger partial charge >= 0.3 is 0 Å². The second-order valence-electron chi connectivity index (χ2n) is 7.47. The highest BCUT2D eigenvalue weighted by Gasteiger charge is 2.24. The summed E-state index contributed by atoms with van der Waals surface area (Å²) in [6.45, 7) is 3.30. The molecule has 1 saturated heterocycles. The number of benzene rings is 2. The number of rotatable bonds is 6. The van der Waals surface area contributed by atoms with Gasteiger partial charge in [0.1, 0.15) is 5.75 Å². The predicted octanol–water partition coefficient (Wildman–Crippen LogP) is 1.75. The monoisotopic (exact) mass is 422 g/mol. The Morgan fingerprint density at radius 1 is 1.13 bits per heavy atom. The SMILES string of the molecule is COc1ccc([C@@H](CNC(=O)c2nn(C)c(=O)c3ccccc23)N2CCOCC2)cc1. The van der Waals surface area contributed by atoms with E-state index in [9.17, 15) is 9.59 Å². The average molecular weight is 422 g/mol. The van der Waals surface area contributed by atoms with Crippen LogP contribution in [0.4, 0.5) is 0 Å². The summed E-state index contributed by atoms with van der Waals surface area (Å²) in [5.41, 5.74) is 1.10. The maximum atomic E-state index is 13.1. The van der Waals surface area contributed by atoms with E-state index in [2.05, 4.69) is 15.3 Å². The number of fused-ring (bicyclic) bond motifs is 1. The van der Waals surface area contributed by atoms with Gasteiger partial charge in [0.15, 0.2) is 5.69 Å². The lowest BCUT2D eigenvalue weighted by Crippen LogP contribution is -2.44. The predicted molar refractivity (Wildman–Crippen MR) is 117 cm³/mol. The summed E-state index contributed by atoms with van der Waals surface area (Å²) in [5.74, 6) is 0.480. The summed E-state index contributed by atoms with van der Waals surface area (Å²) in [5, 5.41) is 8.29. The fourth-order valence-electron chi connectivity index (χ4n) is 3.91. The molecule has 1 aromatic heterocycles. The molecule has 1 aliphatic rings. The third-order valence-electron chi connectivity index (χ3n) is 5.61. The van der Waals surface area contributed by atoms with E-state index in [1.54, 1.807) is 38.4 Å². The molecular weight excluding hydrogens is 396 g/mol. The van der Waals surface area contributed by atoms with Crippen LogP contribution in [0.2, 0.25) is 0 Å². The van der Waals surface area contributed by atoms with Crippen LogP contribution in [-0.2, 0) is 11.8 Å². The molecule has 1 fully saturated rings. The van der Waals surface area contributed by atoms with Gasteiger partial charge in [0, 0.05) is 32.1 Å². The number of carbonyl (C=O) groups excluding carboxylic acids is 1. The smallest absolute Gasteiger partial charge is 0.274 e. The zero-order valence-electron chi connectivity index (χ0n) is 17.7. The number of hydrogen-bond acceptors (Lipinski definition) is 6. The van der Waals surface area contributed by atoms with Crippen LogP contribution in [0.15, 0.2) is 53.3 Å². The molecular formula is C23H26N4O4. The number of amides is 1. The van der Waals surface area contributed by atoms with Crippen molar-refractivity contribution in [1.29, 1.82) is 0 Å². The molecule has 0 saturated carbocycles. The van der Waals surface area contributed by atoms with Crippen molar-refractivity contribution in [3.05, 3.63) is 70.1 Å². The van der Waals surface area contributed by atoms with E-state index in [1.165, 1.54) is 4.68 Å². The summed E-state index contributed by atoms with van der Waals surface area (Å²) in [4.78, 5) is 27.7. The fourth-order valence-corrected chi connectivity index (χ4v) is 3.91. The van der Waals surface area contributed by atoms with Crippen LogP contribution in [0, 0.1) is 0 Å². The molecule has 1 N–H and O–H groups in total. The molecule has 0 aliphatic carbocycles. The van der Waals surface area contributed by atoms with Crippen molar-refractivity contribution < 1.29 is 14.3 Å². The van der Waals surface area contributed by atoms with Gasteiger partial charge in [-0.05, 0) is 23.8 Å². The second kappa shape index (κ2) is 9.28. The molecule has 0 bridgehead atoms. The van der Waals surface area contributed by atoms with Crippen molar-refractivity contribution >= 4 is 16.7 Å². The van der Waals surface area contributed by atoms with E-state index < -0.39 is 0 Å². The Morgan fingerprint density at radius 3 is 2.48 bits per heavy atom. The standard InChI is InChI=1S/C23H26N4O4/c1-26-23(29)19-6-4-3-5-18(19)21(25-26)22(28)24-15-20(27-11-13-31-14-12-27)16-7-9-17(30-2)10-8-16/h3-10,20H,11-15H2,1-2H3,(H,24,28)/t20-/m1/s1. The molecule has 8 nitrogen and oxygen atoms in total. The Hall–Kier alpha value is -3.23. The van der Waals surface area contributed by atoms with E-state index in [0.717, 1.165) is 24.4 Å². The quantitative estimate of drug-likeness (QED) is 0.651.